The van der Waals surface area contributed by atoms with Crippen molar-refractivity contribution in [3.8, 4) is 22.5 Å². The fourth-order valence-electron chi connectivity index (χ4n) is 8.35. The minimum atomic E-state index is -0.435. The molecule has 0 saturated heterocycles. The molecule has 0 atom stereocenters. The van der Waals surface area contributed by atoms with Crippen LogP contribution in [0.2, 0.25) is 0 Å². The van der Waals surface area contributed by atoms with Crippen LogP contribution in [0.1, 0.15) is 6.85 Å². The van der Waals surface area contributed by atoms with E-state index < -0.39 is 18.1 Å². The Kier molecular flexibility index (Phi) is 6.07. The van der Waals surface area contributed by atoms with Crippen LogP contribution >= 0.6 is 0 Å². The summed E-state index contributed by atoms with van der Waals surface area (Å²) in [5.41, 5.74) is 9.50. The fourth-order valence-corrected chi connectivity index (χ4v) is 8.35. The van der Waals surface area contributed by atoms with Gasteiger partial charge in [-0.3, -0.25) is 0 Å². The first-order valence-electron chi connectivity index (χ1n) is 20.9. The smallest absolute Gasteiger partial charge is 0.0645 e. The zero-order valence-corrected chi connectivity index (χ0v) is 29.7. The Morgan fingerprint density at radius 2 is 1.04 bits per heavy atom. The topological polar surface area (TPSA) is 13.1 Å². The van der Waals surface area contributed by atoms with Gasteiger partial charge in [0, 0.05) is 44.3 Å². The number of hydrogen-bond acceptors (Lipinski definition) is 1. The van der Waals surface area contributed by atoms with E-state index in [1.54, 1.807) is 0 Å². The Hall–Kier alpha value is -7.36. The van der Waals surface area contributed by atoms with E-state index in [-0.39, 0.29) is 17.8 Å². The van der Waals surface area contributed by atoms with Gasteiger partial charge in [0.05, 0.1) is 34.6 Å². The van der Waals surface area contributed by atoms with Gasteiger partial charge in [-0.05, 0) is 101 Å². The molecule has 11 rings (SSSR count). The Labute approximate surface area is 326 Å². The van der Waals surface area contributed by atoms with Crippen LogP contribution in [-0.2, 0) is 0 Å². The molecule has 258 valence electrons. The Morgan fingerprint density at radius 1 is 0.382 bits per heavy atom. The SMILES string of the molecule is [2H]c1c([2H])c([2H])c(N(c2cccc(-c3ccc4c5ccccc5n(-c5ccccc5)c4c3)c2)c2cccc3c2c2ccccc2n3-c2ccc3ccccc3c2)c([2H])c1[2H]. The second kappa shape index (κ2) is 12.6. The molecular weight excluding hydrogens is 667 g/mol. The summed E-state index contributed by atoms with van der Waals surface area (Å²) in [4.78, 5) is 1.85. The molecule has 0 amide bonds. The van der Waals surface area contributed by atoms with Gasteiger partial charge in [-0.25, -0.2) is 0 Å². The van der Waals surface area contributed by atoms with E-state index in [0.717, 1.165) is 71.5 Å². The molecule has 9 aromatic carbocycles. The normalized spacial score (nSPS) is 12.9. The molecule has 0 radical (unpaired) electrons. The van der Waals surface area contributed by atoms with Gasteiger partial charge >= 0.3 is 0 Å². The van der Waals surface area contributed by atoms with E-state index >= 15 is 0 Å². The second-order valence-electron chi connectivity index (χ2n) is 13.8. The summed E-state index contributed by atoms with van der Waals surface area (Å²) < 4.78 is 49.2. The highest BCUT2D eigenvalue weighted by atomic mass is 15.1. The average molecular weight is 707 g/mol. The molecule has 55 heavy (non-hydrogen) atoms. The lowest BCUT2D eigenvalue weighted by atomic mass is 10.0. The fraction of sp³-hybridized carbons (Fsp3) is 0. The minimum absolute atomic E-state index is 0.0767. The largest absolute Gasteiger partial charge is 0.310 e. The van der Waals surface area contributed by atoms with Crippen molar-refractivity contribution in [2.75, 3.05) is 4.90 Å². The monoisotopic (exact) mass is 706 g/mol. The summed E-state index contributed by atoms with van der Waals surface area (Å²) in [5, 5.41) is 6.45. The molecule has 0 N–H and O–H groups in total. The summed E-state index contributed by atoms with van der Waals surface area (Å²) in [6.45, 7) is 0. The highest BCUT2D eigenvalue weighted by Crippen LogP contribution is 2.45. The van der Waals surface area contributed by atoms with Crippen LogP contribution in [0.15, 0.2) is 212 Å². The third kappa shape index (κ3) is 5.05. The van der Waals surface area contributed by atoms with Crippen molar-refractivity contribution in [1.82, 2.24) is 9.13 Å². The van der Waals surface area contributed by atoms with Gasteiger partial charge in [0.25, 0.3) is 0 Å². The lowest BCUT2D eigenvalue weighted by molar-refractivity contribution is 1.18. The van der Waals surface area contributed by atoms with E-state index in [2.05, 4.69) is 137 Å². The van der Waals surface area contributed by atoms with Gasteiger partial charge in [0.1, 0.15) is 0 Å². The van der Waals surface area contributed by atoms with E-state index in [0.29, 0.717) is 11.4 Å². The number of anilines is 3. The van der Waals surface area contributed by atoms with Crippen LogP contribution in [0.5, 0.6) is 0 Å². The number of benzene rings is 9. The van der Waals surface area contributed by atoms with Crippen LogP contribution in [0.3, 0.4) is 0 Å². The number of nitrogens with zero attached hydrogens (tertiary/aromatic N) is 3. The average Bonchev–Trinajstić information content (AvgIpc) is 3.82. The van der Waals surface area contributed by atoms with Crippen molar-refractivity contribution < 1.29 is 6.85 Å². The predicted molar refractivity (Wildman–Crippen MR) is 233 cm³/mol. The van der Waals surface area contributed by atoms with Crippen LogP contribution in [0.4, 0.5) is 17.1 Å². The molecule has 0 unspecified atom stereocenters. The maximum atomic E-state index is 9.30. The molecule has 0 spiro atoms. The van der Waals surface area contributed by atoms with Gasteiger partial charge in [-0.2, -0.15) is 0 Å². The van der Waals surface area contributed by atoms with Gasteiger partial charge < -0.3 is 14.0 Å². The molecule has 0 aliphatic carbocycles. The molecule has 2 aromatic heterocycles. The van der Waals surface area contributed by atoms with Crippen LogP contribution in [-0.4, -0.2) is 9.13 Å². The number of fused-ring (bicyclic) bond motifs is 7. The first-order valence-corrected chi connectivity index (χ1v) is 18.4. The summed E-state index contributed by atoms with van der Waals surface area (Å²) >= 11 is 0. The molecule has 11 aromatic rings. The Bertz CT molecular complexity index is 3490. The molecule has 0 saturated carbocycles. The summed E-state index contributed by atoms with van der Waals surface area (Å²) in [5.74, 6) is 0. The third-order valence-corrected chi connectivity index (χ3v) is 10.7. The van der Waals surface area contributed by atoms with Crippen molar-refractivity contribution in [3.05, 3.63) is 212 Å². The molecule has 0 fully saturated rings. The van der Waals surface area contributed by atoms with Crippen molar-refractivity contribution >= 4 is 71.4 Å². The first kappa shape index (κ1) is 26.4. The van der Waals surface area contributed by atoms with Crippen LogP contribution in [0.25, 0.3) is 76.9 Å². The maximum absolute atomic E-state index is 9.30. The Balaban J connectivity index is 1.17. The van der Waals surface area contributed by atoms with Gasteiger partial charge in [-0.1, -0.05) is 133 Å². The number of para-hydroxylation sites is 4. The Morgan fingerprint density at radius 3 is 1.89 bits per heavy atom. The van der Waals surface area contributed by atoms with Gasteiger partial charge in [0.2, 0.25) is 0 Å². The van der Waals surface area contributed by atoms with E-state index in [4.69, 9.17) is 4.11 Å². The summed E-state index contributed by atoms with van der Waals surface area (Å²) in [7, 11) is 0. The highest BCUT2D eigenvalue weighted by molar-refractivity contribution is 6.17. The van der Waals surface area contributed by atoms with Gasteiger partial charge in [-0.15, -0.1) is 0 Å². The number of rotatable bonds is 6. The lowest BCUT2D eigenvalue weighted by Gasteiger charge is -2.27. The van der Waals surface area contributed by atoms with Crippen LogP contribution in [0, 0.1) is 0 Å². The predicted octanol–water partition coefficient (Wildman–Crippen LogP) is 14.2. The molecule has 3 heteroatoms. The van der Waals surface area contributed by atoms with Crippen LogP contribution < -0.4 is 4.90 Å². The first-order chi connectivity index (χ1) is 29.4. The molecular formula is C52H35N3. The zero-order chi connectivity index (χ0) is 40.6. The van der Waals surface area contributed by atoms with Crippen molar-refractivity contribution in [3.63, 3.8) is 0 Å². The zero-order valence-electron chi connectivity index (χ0n) is 34.7. The molecule has 0 aliphatic heterocycles. The molecule has 0 bridgehead atoms. The van der Waals surface area contributed by atoms with Gasteiger partial charge in [0.15, 0.2) is 0 Å². The summed E-state index contributed by atoms with van der Waals surface area (Å²) in [6.07, 6.45) is 0. The number of aromatic nitrogens is 2. The molecule has 0 aliphatic rings. The van der Waals surface area contributed by atoms with E-state index in [1.165, 1.54) is 5.39 Å². The maximum Gasteiger partial charge on any atom is 0.0645 e. The second-order valence-corrected chi connectivity index (χ2v) is 13.8. The van der Waals surface area contributed by atoms with Crippen molar-refractivity contribution in [2.45, 2.75) is 0 Å². The lowest BCUT2D eigenvalue weighted by Crippen LogP contribution is -2.10. The van der Waals surface area contributed by atoms with E-state index in [9.17, 15) is 2.74 Å². The molecule has 2 heterocycles. The quantitative estimate of drug-likeness (QED) is 0.168. The summed E-state index contributed by atoms with van der Waals surface area (Å²) in [6, 6.07) is 60.7. The van der Waals surface area contributed by atoms with Crippen molar-refractivity contribution in [1.29, 1.82) is 0 Å². The third-order valence-electron chi connectivity index (χ3n) is 10.7. The number of hydrogen-bond donors (Lipinski definition) is 0. The van der Waals surface area contributed by atoms with Crippen molar-refractivity contribution in [2.24, 2.45) is 0 Å². The standard InChI is InChI=1S/C52H35N3/c1-3-18-40(19-4-1)53(49-27-14-28-50-52(49)46-24-10-12-26-48(46)55(50)43-31-29-36-15-7-8-16-37(36)33-43)42-22-13-17-38(34-42)39-30-32-45-44-23-9-11-25-47(44)54(51(45)35-39)41-20-5-2-6-21-41/h1-35H/i1D,3D,4D,18D,19D. The minimum Gasteiger partial charge on any atom is -0.310 e. The highest BCUT2D eigenvalue weighted by Gasteiger charge is 2.22. The van der Waals surface area contributed by atoms with E-state index in [1.807, 2.05) is 59.5 Å². The molecule has 3 nitrogen and oxygen atoms in total.